The molecule has 3 aromatic rings. The lowest BCUT2D eigenvalue weighted by Crippen LogP contribution is -2.25. The number of carbonyl (C=O) groups excluding carboxylic acids is 1. The van der Waals surface area contributed by atoms with Crippen LogP contribution in [-0.2, 0) is 11.3 Å². The predicted octanol–water partition coefficient (Wildman–Crippen LogP) is 3.50. The third-order valence-corrected chi connectivity index (χ3v) is 5.37. The molecule has 3 rings (SSSR count). The van der Waals surface area contributed by atoms with Crippen molar-refractivity contribution in [3.63, 3.8) is 0 Å². The van der Waals surface area contributed by atoms with Crippen molar-refractivity contribution in [1.29, 1.82) is 0 Å². The summed E-state index contributed by atoms with van der Waals surface area (Å²) in [5.41, 5.74) is 1.63. The van der Waals surface area contributed by atoms with E-state index in [2.05, 4.69) is 20.6 Å². The molecule has 0 spiro atoms. The number of nitrogens with zero attached hydrogens (tertiary/aromatic N) is 2. The summed E-state index contributed by atoms with van der Waals surface area (Å²) in [6, 6.07) is 11.3. The van der Waals surface area contributed by atoms with E-state index in [1.807, 2.05) is 31.2 Å². The number of anilines is 1. The van der Waals surface area contributed by atoms with Crippen molar-refractivity contribution in [3.05, 3.63) is 42.0 Å². The van der Waals surface area contributed by atoms with Gasteiger partial charge in [-0.3, -0.25) is 4.79 Å². The van der Waals surface area contributed by atoms with Crippen molar-refractivity contribution < 1.29 is 19.0 Å². The Bertz CT molecular complexity index is 1060. The number of hydrogen-bond acceptors (Lipinski definition) is 8. The normalized spacial score (nSPS) is 10.6. The number of rotatable bonds is 10. The highest BCUT2D eigenvalue weighted by Crippen LogP contribution is 2.34. The zero-order valence-corrected chi connectivity index (χ0v) is 18.8. The lowest BCUT2D eigenvalue weighted by molar-refractivity contribution is -0.118. The number of benzene rings is 2. The second-order valence-electron chi connectivity index (χ2n) is 6.49. The molecule has 9 heteroatoms. The third-order valence-electron chi connectivity index (χ3n) is 4.52. The van der Waals surface area contributed by atoms with Gasteiger partial charge in [0.15, 0.2) is 16.7 Å². The molecule has 0 atom stereocenters. The van der Waals surface area contributed by atoms with Crippen molar-refractivity contribution in [2.24, 2.45) is 0 Å². The Kier molecular flexibility index (Phi) is 7.77. The summed E-state index contributed by atoms with van der Waals surface area (Å²) in [6.45, 7) is 3.06. The van der Waals surface area contributed by atoms with Gasteiger partial charge in [0.25, 0.3) is 0 Å². The molecule has 164 valence electrons. The minimum absolute atomic E-state index is 0.136. The number of para-hydroxylation sites is 1. The number of thioether (sulfide) groups is 1. The maximum absolute atomic E-state index is 12.4. The van der Waals surface area contributed by atoms with Crippen LogP contribution in [0.4, 0.5) is 5.82 Å². The summed E-state index contributed by atoms with van der Waals surface area (Å²) < 4.78 is 16.0. The molecule has 8 nitrogen and oxygen atoms in total. The quantitative estimate of drug-likeness (QED) is 0.364. The van der Waals surface area contributed by atoms with Gasteiger partial charge in [0.2, 0.25) is 5.91 Å². The average molecular weight is 443 g/mol. The fraction of sp³-hybridized carbons (Fsp3) is 0.318. The van der Waals surface area contributed by atoms with Crippen LogP contribution in [0.3, 0.4) is 0 Å². The van der Waals surface area contributed by atoms with Gasteiger partial charge in [0, 0.05) is 30.1 Å². The fourth-order valence-corrected chi connectivity index (χ4v) is 3.71. The van der Waals surface area contributed by atoms with E-state index in [4.69, 9.17) is 14.2 Å². The largest absolute Gasteiger partial charge is 0.496 e. The van der Waals surface area contributed by atoms with Crippen LogP contribution in [0.2, 0.25) is 0 Å². The van der Waals surface area contributed by atoms with Crippen LogP contribution in [0.15, 0.2) is 41.6 Å². The van der Waals surface area contributed by atoms with Crippen LogP contribution in [0.5, 0.6) is 17.2 Å². The Hall–Kier alpha value is -3.20. The Morgan fingerprint density at radius 2 is 1.71 bits per heavy atom. The molecular formula is C22H26N4O4S. The van der Waals surface area contributed by atoms with Gasteiger partial charge in [-0.1, -0.05) is 23.9 Å². The molecule has 0 aliphatic carbocycles. The summed E-state index contributed by atoms with van der Waals surface area (Å²) in [5, 5.41) is 7.67. The molecular weight excluding hydrogens is 416 g/mol. The van der Waals surface area contributed by atoms with Crippen molar-refractivity contribution in [1.82, 2.24) is 15.3 Å². The topological polar surface area (TPSA) is 94.6 Å². The van der Waals surface area contributed by atoms with E-state index < -0.39 is 0 Å². The molecule has 2 N–H and O–H groups in total. The van der Waals surface area contributed by atoms with Gasteiger partial charge in [-0.25, -0.2) is 9.97 Å². The highest BCUT2D eigenvalue weighted by Gasteiger charge is 2.14. The first-order chi connectivity index (χ1) is 15.1. The first-order valence-corrected chi connectivity index (χ1v) is 10.8. The molecule has 31 heavy (non-hydrogen) atoms. The summed E-state index contributed by atoms with van der Waals surface area (Å²) in [4.78, 5) is 21.6. The van der Waals surface area contributed by atoms with Gasteiger partial charge < -0.3 is 24.8 Å². The molecule has 0 saturated carbocycles. The van der Waals surface area contributed by atoms with Gasteiger partial charge in [-0.05, 0) is 25.1 Å². The summed E-state index contributed by atoms with van der Waals surface area (Å²) in [6.07, 6.45) is 0. The van der Waals surface area contributed by atoms with Crippen LogP contribution < -0.4 is 24.8 Å². The highest BCUT2D eigenvalue weighted by atomic mass is 32.2. The van der Waals surface area contributed by atoms with Gasteiger partial charge in [0.1, 0.15) is 11.6 Å². The predicted molar refractivity (Wildman–Crippen MR) is 122 cm³/mol. The lowest BCUT2D eigenvalue weighted by atomic mass is 10.1. The number of hydrogen-bond donors (Lipinski definition) is 2. The molecule has 0 bridgehead atoms. The molecule has 1 amide bonds. The first kappa shape index (κ1) is 22.5. The minimum atomic E-state index is -0.136. The smallest absolute Gasteiger partial charge is 0.230 e. The number of methoxy groups -OCH3 is 3. The van der Waals surface area contributed by atoms with Gasteiger partial charge in [-0.15, -0.1) is 0 Å². The van der Waals surface area contributed by atoms with Gasteiger partial charge in [-0.2, -0.15) is 0 Å². The van der Waals surface area contributed by atoms with Crippen LogP contribution in [0.25, 0.3) is 10.9 Å². The zero-order chi connectivity index (χ0) is 22.2. The van der Waals surface area contributed by atoms with Crippen LogP contribution in [-0.4, -0.2) is 49.5 Å². The van der Waals surface area contributed by atoms with E-state index in [0.717, 1.165) is 28.8 Å². The molecule has 0 radical (unpaired) electrons. The standard InChI is InChI=1S/C22H26N4O4S/c1-5-23-21-15-8-6-7-9-16(15)25-22(26-21)31-13-20(27)24-12-14-10-18(29-3)19(30-4)11-17(14)28-2/h6-11H,5,12-13H2,1-4H3,(H,24,27)(H,23,25,26). The molecule has 0 fully saturated rings. The molecule has 1 aromatic heterocycles. The van der Waals surface area contributed by atoms with Crippen molar-refractivity contribution in [2.75, 3.05) is 38.9 Å². The fourth-order valence-electron chi connectivity index (χ4n) is 3.03. The van der Waals surface area contributed by atoms with Crippen LogP contribution in [0, 0.1) is 0 Å². The van der Waals surface area contributed by atoms with E-state index in [0.29, 0.717) is 28.9 Å². The number of amides is 1. The van der Waals surface area contributed by atoms with Crippen molar-refractivity contribution >= 4 is 34.4 Å². The SMILES string of the molecule is CCNc1nc(SCC(=O)NCc2cc(OC)c(OC)cc2OC)nc2ccccc12. The molecule has 0 aliphatic rings. The molecule has 1 heterocycles. The van der Waals surface area contributed by atoms with E-state index in [1.54, 1.807) is 33.5 Å². The monoisotopic (exact) mass is 442 g/mol. The van der Waals surface area contributed by atoms with E-state index in [-0.39, 0.29) is 11.7 Å². The Labute approximate surface area is 185 Å². The number of fused-ring (bicyclic) bond motifs is 1. The van der Waals surface area contributed by atoms with Gasteiger partial charge >= 0.3 is 0 Å². The summed E-state index contributed by atoms with van der Waals surface area (Å²) in [7, 11) is 4.70. The average Bonchev–Trinajstić information content (AvgIpc) is 2.80. The maximum Gasteiger partial charge on any atom is 0.230 e. The van der Waals surface area contributed by atoms with E-state index in [9.17, 15) is 4.79 Å². The summed E-state index contributed by atoms with van der Waals surface area (Å²) >= 11 is 1.29. The second-order valence-corrected chi connectivity index (χ2v) is 7.43. The molecule has 0 unspecified atom stereocenters. The second kappa shape index (κ2) is 10.7. The highest BCUT2D eigenvalue weighted by molar-refractivity contribution is 7.99. The molecule has 0 aliphatic heterocycles. The summed E-state index contributed by atoms with van der Waals surface area (Å²) in [5.74, 6) is 2.57. The Morgan fingerprint density at radius 1 is 1.00 bits per heavy atom. The van der Waals surface area contributed by atoms with E-state index >= 15 is 0 Å². The maximum atomic E-state index is 12.4. The van der Waals surface area contributed by atoms with Gasteiger partial charge in [0.05, 0.1) is 32.6 Å². The van der Waals surface area contributed by atoms with Crippen LogP contribution in [0.1, 0.15) is 12.5 Å². The number of carbonyl (C=O) groups is 1. The first-order valence-electron chi connectivity index (χ1n) is 9.78. The third kappa shape index (κ3) is 5.49. The lowest BCUT2D eigenvalue weighted by Gasteiger charge is -2.14. The van der Waals surface area contributed by atoms with Crippen molar-refractivity contribution in [2.45, 2.75) is 18.6 Å². The van der Waals surface area contributed by atoms with Crippen molar-refractivity contribution in [3.8, 4) is 17.2 Å². The Morgan fingerprint density at radius 3 is 2.42 bits per heavy atom. The van der Waals surface area contributed by atoms with Crippen LogP contribution >= 0.6 is 11.8 Å². The number of ether oxygens (including phenoxy) is 3. The molecule has 2 aromatic carbocycles. The number of nitrogens with one attached hydrogen (secondary N) is 2. The van der Waals surface area contributed by atoms with E-state index in [1.165, 1.54) is 11.8 Å². The minimum Gasteiger partial charge on any atom is -0.496 e. The molecule has 0 saturated heterocycles. The zero-order valence-electron chi connectivity index (χ0n) is 18.0. The Balaban J connectivity index is 1.66. The number of aromatic nitrogens is 2.